The topological polar surface area (TPSA) is 87.7 Å². The molecule has 0 aliphatic heterocycles. The van der Waals surface area contributed by atoms with Crippen molar-refractivity contribution in [2.75, 3.05) is 4.72 Å². The average Bonchev–Trinajstić information content (AvgIpc) is 2.86. The van der Waals surface area contributed by atoms with Crippen molar-refractivity contribution < 1.29 is 8.42 Å². The highest BCUT2D eigenvalue weighted by atomic mass is 32.2. The van der Waals surface area contributed by atoms with E-state index < -0.39 is 10.0 Å². The number of pyridine rings is 1. The molecule has 0 radical (unpaired) electrons. The number of H-pyrrole nitrogens is 1. The lowest BCUT2D eigenvalue weighted by molar-refractivity contribution is 0.601. The Hall–Kier alpha value is -2.41. The van der Waals surface area contributed by atoms with Gasteiger partial charge in [0, 0.05) is 23.2 Å². The van der Waals surface area contributed by atoms with Crippen LogP contribution in [0.15, 0.2) is 47.8 Å². The van der Waals surface area contributed by atoms with Crippen molar-refractivity contribution in [3.8, 4) is 0 Å². The molecule has 0 aliphatic carbocycles. The molecule has 20 heavy (non-hydrogen) atoms. The Bertz CT molecular complexity index is 865. The molecule has 6 nitrogen and oxygen atoms in total. The first-order valence-corrected chi connectivity index (χ1v) is 7.42. The molecule has 2 aromatic heterocycles. The summed E-state index contributed by atoms with van der Waals surface area (Å²) in [4.78, 5) is 4.16. The zero-order valence-electron chi connectivity index (χ0n) is 10.7. The van der Waals surface area contributed by atoms with Gasteiger partial charge in [0.1, 0.15) is 4.90 Å². The molecule has 2 heterocycles. The van der Waals surface area contributed by atoms with Gasteiger partial charge in [-0.2, -0.15) is 5.10 Å². The third kappa shape index (κ3) is 2.12. The Labute approximate surface area is 115 Å². The van der Waals surface area contributed by atoms with E-state index in [1.165, 1.54) is 6.20 Å². The summed E-state index contributed by atoms with van der Waals surface area (Å²) in [6, 6.07) is 7.15. The maximum Gasteiger partial charge on any atom is 0.265 e. The SMILES string of the molecule is Cc1[nH]ncc1S(=O)(=O)Nc1cccc2cnccc12. The molecule has 0 saturated carbocycles. The van der Waals surface area contributed by atoms with Crippen LogP contribution >= 0.6 is 0 Å². The number of nitrogens with zero attached hydrogens (tertiary/aromatic N) is 2. The Kier molecular flexibility index (Phi) is 2.90. The van der Waals surface area contributed by atoms with Gasteiger partial charge in [0.2, 0.25) is 0 Å². The van der Waals surface area contributed by atoms with Crippen LogP contribution in [0.2, 0.25) is 0 Å². The number of hydrogen-bond acceptors (Lipinski definition) is 4. The van der Waals surface area contributed by atoms with Crippen LogP contribution in [0.3, 0.4) is 0 Å². The molecular formula is C13H12N4O2S. The Balaban J connectivity index is 2.08. The van der Waals surface area contributed by atoms with Gasteiger partial charge in [-0.1, -0.05) is 12.1 Å². The van der Waals surface area contributed by atoms with E-state index in [2.05, 4.69) is 19.9 Å². The average molecular weight is 288 g/mol. The van der Waals surface area contributed by atoms with Crippen molar-refractivity contribution in [3.63, 3.8) is 0 Å². The van der Waals surface area contributed by atoms with Crippen molar-refractivity contribution in [1.82, 2.24) is 15.2 Å². The summed E-state index contributed by atoms with van der Waals surface area (Å²) in [5.74, 6) is 0. The summed E-state index contributed by atoms with van der Waals surface area (Å²) in [5, 5.41) is 8.03. The molecule has 0 saturated heterocycles. The molecule has 7 heteroatoms. The Morgan fingerprint density at radius 1 is 1.20 bits per heavy atom. The molecule has 0 spiro atoms. The lowest BCUT2D eigenvalue weighted by atomic mass is 10.1. The molecule has 102 valence electrons. The number of rotatable bonds is 3. The fourth-order valence-electron chi connectivity index (χ4n) is 2.02. The smallest absolute Gasteiger partial charge is 0.265 e. The summed E-state index contributed by atoms with van der Waals surface area (Å²) >= 11 is 0. The minimum Gasteiger partial charge on any atom is -0.281 e. The molecule has 0 aliphatic rings. The summed E-state index contributed by atoms with van der Waals surface area (Å²) in [6.07, 6.45) is 4.61. The maximum atomic E-state index is 12.3. The van der Waals surface area contributed by atoms with E-state index in [-0.39, 0.29) is 4.90 Å². The summed E-state index contributed by atoms with van der Waals surface area (Å²) in [6.45, 7) is 1.66. The van der Waals surface area contributed by atoms with Crippen LogP contribution < -0.4 is 4.72 Å². The first kappa shape index (κ1) is 12.6. The minimum absolute atomic E-state index is 0.142. The highest BCUT2D eigenvalue weighted by molar-refractivity contribution is 7.92. The van der Waals surface area contributed by atoms with Crippen molar-refractivity contribution in [1.29, 1.82) is 0 Å². The number of aromatic amines is 1. The second-order valence-corrected chi connectivity index (χ2v) is 6.02. The van der Waals surface area contributed by atoms with Gasteiger partial charge >= 0.3 is 0 Å². The van der Waals surface area contributed by atoms with Gasteiger partial charge in [-0.3, -0.25) is 14.8 Å². The number of hydrogen-bond donors (Lipinski definition) is 2. The van der Waals surface area contributed by atoms with Gasteiger partial charge in [-0.15, -0.1) is 0 Å². The zero-order valence-corrected chi connectivity index (χ0v) is 11.5. The highest BCUT2D eigenvalue weighted by Crippen LogP contribution is 2.25. The highest BCUT2D eigenvalue weighted by Gasteiger charge is 2.19. The van der Waals surface area contributed by atoms with Gasteiger partial charge in [-0.05, 0) is 19.1 Å². The number of nitrogens with one attached hydrogen (secondary N) is 2. The molecule has 3 rings (SSSR count). The molecule has 1 aromatic carbocycles. The quantitative estimate of drug-likeness (QED) is 0.772. The van der Waals surface area contributed by atoms with E-state index in [1.54, 1.807) is 37.5 Å². The second kappa shape index (κ2) is 4.61. The lowest BCUT2D eigenvalue weighted by Gasteiger charge is -2.09. The molecule has 0 fully saturated rings. The molecule has 0 bridgehead atoms. The number of fused-ring (bicyclic) bond motifs is 1. The number of aromatic nitrogens is 3. The molecule has 0 unspecified atom stereocenters. The third-order valence-corrected chi connectivity index (χ3v) is 4.48. The number of benzene rings is 1. The van der Waals surface area contributed by atoms with Crippen molar-refractivity contribution in [3.05, 3.63) is 48.5 Å². The number of anilines is 1. The molecule has 2 N–H and O–H groups in total. The van der Waals surface area contributed by atoms with Crippen molar-refractivity contribution in [2.24, 2.45) is 0 Å². The molecule has 3 aromatic rings. The van der Waals surface area contributed by atoms with E-state index in [0.29, 0.717) is 11.4 Å². The van der Waals surface area contributed by atoms with Crippen molar-refractivity contribution >= 4 is 26.5 Å². The van der Waals surface area contributed by atoms with Gasteiger partial charge in [-0.25, -0.2) is 8.42 Å². The van der Waals surface area contributed by atoms with E-state index >= 15 is 0 Å². The number of sulfonamides is 1. The zero-order chi connectivity index (χ0) is 14.2. The predicted molar refractivity (Wildman–Crippen MR) is 75.9 cm³/mol. The monoisotopic (exact) mass is 288 g/mol. The first-order valence-electron chi connectivity index (χ1n) is 5.93. The van der Waals surface area contributed by atoms with Crippen LogP contribution in [0.4, 0.5) is 5.69 Å². The normalized spacial score (nSPS) is 11.7. The van der Waals surface area contributed by atoms with Crippen molar-refractivity contribution in [2.45, 2.75) is 11.8 Å². The first-order chi connectivity index (χ1) is 9.58. The van der Waals surface area contributed by atoms with Crippen LogP contribution in [0.5, 0.6) is 0 Å². The van der Waals surface area contributed by atoms with Crippen LogP contribution in [0.25, 0.3) is 10.8 Å². The van der Waals surface area contributed by atoms with Crippen LogP contribution in [0, 0.1) is 6.92 Å². The van der Waals surface area contributed by atoms with Crippen LogP contribution in [-0.4, -0.2) is 23.6 Å². The standard InChI is InChI=1S/C13H12N4O2S/c1-9-13(8-15-16-9)20(18,19)17-12-4-2-3-10-7-14-6-5-11(10)12/h2-8,17H,1H3,(H,15,16). The summed E-state index contributed by atoms with van der Waals surface area (Å²) < 4.78 is 27.3. The molecule has 0 amide bonds. The maximum absolute atomic E-state index is 12.3. The lowest BCUT2D eigenvalue weighted by Crippen LogP contribution is -2.13. The molecule has 0 atom stereocenters. The summed E-state index contributed by atoms with van der Waals surface area (Å²) in [7, 11) is -3.66. The van der Waals surface area contributed by atoms with E-state index in [9.17, 15) is 8.42 Å². The van der Waals surface area contributed by atoms with E-state index in [4.69, 9.17) is 0 Å². The van der Waals surface area contributed by atoms with E-state index in [0.717, 1.165) is 10.8 Å². The van der Waals surface area contributed by atoms with Gasteiger partial charge in [0.05, 0.1) is 17.6 Å². The number of aryl methyl sites for hydroxylation is 1. The fourth-order valence-corrected chi connectivity index (χ4v) is 3.24. The largest absolute Gasteiger partial charge is 0.281 e. The minimum atomic E-state index is -3.66. The Morgan fingerprint density at radius 3 is 2.80 bits per heavy atom. The van der Waals surface area contributed by atoms with Gasteiger partial charge in [0.15, 0.2) is 0 Å². The second-order valence-electron chi connectivity index (χ2n) is 4.37. The van der Waals surface area contributed by atoms with Gasteiger partial charge < -0.3 is 0 Å². The van der Waals surface area contributed by atoms with E-state index in [1.807, 2.05) is 6.07 Å². The Morgan fingerprint density at radius 2 is 2.05 bits per heavy atom. The van der Waals surface area contributed by atoms with Gasteiger partial charge in [0.25, 0.3) is 10.0 Å². The van der Waals surface area contributed by atoms with Crippen LogP contribution in [0.1, 0.15) is 5.69 Å². The predicted octanol–water partition coefficient (Wildman–Crippen LogP) is 2.07. The van der Waals surface area contributed by atoms with Crippen LogP contribution in [-0.2, 0) is 10.0 Å². The summed E-state index contributed by atoms with van der Waals surface area (Å²) in [5.41, 5.74) is 1.02. The fraction of sp³-hybridized carbons (Fsp3) is 0.0769. The molecular weight excluding hydrogens is 276 g/mol. The third-order valence-electron chi connectivity index (χ3n) is 3.00.